The molecule has 6 heteroatoms. The van der Waals surface area contributed by atoms with Gasteiger partial charge in [-0.15, -0.1) is 12.8 Å². The molecule has 0 radical (unpaired) electrons. The summed E-state index contributed by atoms with van der Waals surface area (Å²) in [4.78, 5) is 16.9. The number of benzene rings is 1. The number of anilines is 1. The van der Waals surface area contributed by atoms with Gasteiger partial charge in [0, 0.05) is 50.2 Å². The predicted molar refractivity (Wildman–Crippen MR) is 138 cm³/mol. The fourth-order valence-electron chi connectivity index (χ4n) is 3.95. The van der Waals surface area contributed by atoms with E-state index in [1.165, 1.54) is 0 Å². The number of nitrogens with two attached hydrogens (primary N) is 1. The number of hydrogen-bond acceptors (Lipinski definition) is 5. The lowest BCUT2D eigenvalue weighted by molar-refractivity contribution is 0.190. The van der Waals surface area contributed by atoms with Crippen molar-refractivity contribution in [2.75, 3.05) is 39.0 Å². The van der Waals surface area contributed by atoms with E-state index in [-0.39, 0.29) is 0 Å². The largest absolute Gasteiger partial charge is 0.398 e. The number of H-pyrrole nitrogens is 1. The summed E-state index contributed by atoms with van der Waals surface area (Å²) in [6.07, 6.45) is 18.5. The summed E-state index contributed by atoms with van der Waals surface area (Å²) in [5.74, 6) is 0.883. The second-order valence-electron chi connectivity index (χ2n) is 7.97. The van der Waals surface area contributed by atoms with Gasteiger partial charge in [0.2, 0.25) is 0 Å². The van der Waals surface area contributed by atoms with Crippen LogP contribution in [-0.4, -0.2) is 58.0 Å². The van der Waals surface area contributed by atoms with Gasteiger partial charge in [0.05, 0.1) is 17.2 Å². The smallest absolute Gasteiger partial charge is 0.111 e. The standard InChI is InChI=1S/C25H30N6.C2H2/c1-4-18(15-21(5-2)31-12-10-30(3)11-13-31)19-6-7-22(26)20(14-19)16-25-28-23-8-9-27-17-24(23)29-25;1-2/h4-9,14-15,17H,2,10-13,16,26H2,1,3H3,(H,28,29);1-2H/b18-4+,21-15+;. The Labute approximate surface area is 196 Å². The molecule has 33 heavy (non-hydrogen) atoms. The Hall–Kier alpha value is -3.82. The molecule has 3 N–H and O–H groups in total. The summed E-state index contributed by atoms with van der Waals surface area (Å²) in [5, 5.41) is 0. The molecule has 0 bridgehead atoms. The van der Waals surface area contributed by atoms with Crippen LogP contribution in [0.1, 0.15) is 23.9 Å². The first-order chi connectivity index (χ1) is 16.1. The normalized spacial score (nSPS) is 15.2. The van der Waals surface area contributed by atoms with Crippen molar-refractivity contribution in [2.24, 2.45) is 0 Å². The Balaban J connectivity index is 0.00000149. The lowest BCUT2D eigenvalue weighted by atomic mass is 9.99. The van der Waals surface area contributed by atoms with Crippen LogP contribution in [0.25, 0.3) is 16.6 Å². The first-order valence-corrected chi connectivity index (χ1v) is 11.0. The average molecular weight is 441 g/mol. The van der Waals surface area contributed by atoms with E-state index in [9.17, 15) is 0 Å². The first-order valence-electron chi connectivity index (χ1n) is 11.0. The third-order valence-electron chi connectivity index (χ3n) is 5.86. The van der Waals surface area contributed by atoms with Crippen LogP contribution in [0, 0.1) is 12.8 Å². The number of rotatable bonds is 6. The van der Waals surface area contributed by atoms with Crippen LogP contribution in [0.3, 0.4) is 0 Å². The quantitative estimate of drug-likeness (QED) is 0.343. The maximum absolute atomic E-state index is 6.31. The summed E-state index contributed by atoms with van der Waals surface area (Å²) < 4.78 is 0. The third kappa shape index (κ3) is 5.71. The van der Waals surface area contributed by atoms with Crippen LogP contribution in [0.5, 0.6) is 0 Å². The highest BCUT2D eigenvalue weighted by molar-refractivity contribution is 5.77. The highest BCUT2D eigenvalue weighted by Gasteiger charge is 2.15. The lowest BCUT2D eigenvalue weighted by Crippen LogP contribution is -2.43. The predicted octanol–water partition coefficient (Wildman–Crippen LogP) is 4.10. The zero-order chi connectivity index (χ0) is 23.8. The zero-order valence-corrected chi connectivity index (χ0v) is 19.5. The van der Waals surface area contributed by atoms with Gasteiger partial charge in [-0.25, -0.2) is 4.98 Å². The molecule has 1 aromatic carbocycles. The fourth-order valence-corrected chi connectivity index (χ4v) is 3.95. The molecule has 0 saturated carbocycles. The molecule has 1 aliphatic heterocycles. The number of hydrogen-bond donors (Lipinski definition) is 2. The van der Waals surface area contributed by atoms with Crippen LogP contribution in [-0.2, 0) is 6.42 Å². The summed E-state index contributed by atoms with van der Waals surface area (Å²) >= 11 is 0. The molecule has 170 valence electrons. The maximum atomic E-state index is 6.31. The molecule has 6 nitrogen and oxygen atoms in total. The monoisotopic (exact) mass is 440 g/mol. The number of fused-ring (bicyclic) bond motifs is 1. The highest BCUT2D eigenvalue weighted by Crippen LogP contribution is 2.25. The van der Waals surface area contributed by atoms with E-state index < -0.39 is 0 Å². The van der Waals surface area contributed by atoms with Gasteiger partial charge in [-0.2, -0.15) is 0 Å². The van der Waals surface area contributed by atoms with Crippen molar-refractivity contribution in [1.29, 1.82) is 0 Å². The van der Waals surface area contributed by atoms with Gasteiger partial charge >= 0.3 is 0 Å². The van der Waals surface area contributed by atoms with Gasteiger partial charge in [0.25, 0.3) is 0 Å². The van der Waals surface area contributed by atoms with Gasteiger partial charge < -0.3 is 20.5 Å². The molecular formula is C27H32N6. The molecule has 2 aromatic heterocycles. The van der Waals surface area contributed by atoms with Crippen LogP contribution in [0.2, 0.25) is 0 Å². The minimum absolute atomic E-state index is 0.641. The highest BCUT2D eigenvalue weighted by atomic mass is 15.2. The van der Waals surface area contributed by atoms with E-state index in [2.05, 4.69) is 82.4 Å². The second-order valence-corrected chi connectivity index (χ2v) is 7.97. The maximum Gasteiger partial charge on any atom is 0.111 e. The average Bonchev–Trinajstić information content (AvgIpc) is 3.26. The lowest BCUT2D eigenvalue weighted by Gasteiger charge is -2.34. The van der Waals surface area contributed by atoms with E-state index in [1.54, 1.807) is 12.4 Å². The molecule has 1 saturated heterocycles. The van der Waals surface area contributed by atoms with Gasteiger partial charge in [-0.05, 0) is 61.0 Å². The van der Waals surface area contributed by atoms with Crippen LogP contribution in [0.4, 0.5) is 5.69 Å². The minimum Gasteiger partial charge on any atom is -0.398 e. The molecule has 0 amide bonds. The van der Waals surface area contributed by atoms with Gasteiger partial charge in [0.15, 0.2) is 0 Å². The van der Waals surface area contributed by atoms with E-state index >= 15 is 0 Å². The van der Waals surface area contributed by atoms with Crippen LogP contribution < -0.4 is 5.73 Å². The number of imidazole rings is 1. The van der Waals surface area contributed by atoms with Crippen LogP contribution >= 0.6 is 0 Å². The Kier molecular flexibility index (Phi) is 8.06. The Morgan fingerprint density at radius 1 is 1.21 bits per heavy atom. The summed E-state index contributed by atoms with van der Waals surface area (Å²) in [6, 6.07) is 8.14. The van der Waals surface area contributed by atoms with Crippen molar-refractivity contribution in [3.63, 3.8) is 0 Å². The number of likely N-dealkylation sites (N-methyl/N-ethyl adjacent to an activating group) is 1. The van der Waals surface area contributed by atoms with Crippen molar-refractivity contribution >= 4 is 22.3 Å². The topological polar surface area (TPSA) is 74.1 Å². The number of piperazine rings is 1. The summed E-state index contributed by atoms with van der Waals surface area (Å²) in [6.45, 7) is 10.3. The SMILES string of the molecule is C#C.C=C/C(=C\C(=C/C)c1ccc(N)c(Cc2nc3ccncc3[nH]2)c1)N1CCN(C)CC1. The molecule has 0 aliphatic carbocycles. The molecule has 1 aliphatic rings. The Morgan fingerprint density at radius 2 is 1.97 bits per heavy atom. The number of nitrogens with zero attached hydrogens (tertiary/aromatic N) is 4. The van der Waals surface area contributed by atoms with E-state index in [1.807, 2.05) is 18.2 Å². The molecule has 1 fully saturated rings. The molecule has 0 atom stereocenters. The van der Waals surface area contributed by atoms with Crippen molar-refractivity contribution < 1.29 is 0 Å². The number of terminal acetylenes is 1. The number of nitrogens with one attached hydrogen (secondary N) is 1. The number of allylic oxidation sites excluding steroid dienone is 4. The van der Waals surface area contributed by atoms with E-state index in [4.69, 9.17) is 5.73 Å². The van der Waals surface area contributed by atoms with Crippen molar-refractivity contribution in [2.45, 2.75) is 13.3 Å². The van der Waals surface area contributed by atoms with E-state index in [0.717, 1.165) is 71.1 Å². The summed E-state index contributed by atoms with van der Waals surface area (Å²) in [5.41, 5.74) is 13.4. The summed E-state index contributed by atoms with van der Waals surface area (Å²) in [7, 11) is 2.17. The van der Waals surface area contributed by atoms with Crippen molar-refractivity contribution in [1.82, 2.24) is 24.8 Å². The second kappa shape index (κ2) is 11.2. The number of nitrogen functional groups attached to an aromatic ring is 1. The Morgan fingerprint density at radius 3 is 2.64 bits per heavy atom. The van der Waals surface area contributed by atoms with Crippen molar-refractivity contribution in [3.05, 3.63) is 84.1 Å². The molecule has 4 rings (SSSR count). The Bertz CT molecular complexity index is 1140. The van der Waals surface area contributed by atoms with Gasteiger partial charge in [-0.3, -0.25) is 4.98 Å². The minimum atomic E-state index is 0.641. The van der Waals surface area contributed by atoms with Crippen molar-refractivity contribution in [3.8, 4) is 12.8 Å². The molecule has 0 unspecified atom stereocenters. The van der Waals surface area contributed by atoms with Gasteiger partial charge in [-0.1, -0.05) is 18.7 Å². The van der Waals surface area contributed by atoms with Gasteiger partial charge in [0.1, 0.15) is 5.82 Å². The molecule has 3 heterocycles. The van der Waals surface area contributed by atoms with Crippen LogP contribution in [0.15, 0.2) is 67.2 Å². The number of aromatic amines is 1. The third-order valence-corrected chi connectivity index (χ3v) is 5.86. The first kappa shape index (κ1) is 23.8. The fraction of sp³-hybridized carbons (Fsp3) is 0.259. The number of pyridine rings is 1. The molecule has 3 aromatic rings. The zero-order valence-electron chi connectivity index (χ0n) is 19.5. The molecular weight excluding hydrogens is 408 g/mol. The molecule has 0 spiro atoms. The number of aromatic nitrogens is 3. The van der Waals surface area contributed by atoms with E-state index in [0.29, 0.717) is 6.42 Å².